The molecule has 0 unspecified atom stereocenters. The molecule has 1 aromatic rings. The van der Waals surface area contributed by atoms with E-state index >= 15 is 0 Å². The number of ether oxygens (including phenoxy) is 1. The first-order valence-electron chi connectivity index (χ1n) is 6.65. The van der Waals surface area contributed by atoms with Crippen LogP contribution in [0.15, 0.2) is 18.5 Å². The number of nitrogens with zero attached hydrogens (tertiary/aromatic N) is 2. The molecule has 1 amide bonds. The summed E-state index contributed by atoms with van der Waals surface area (Å²) in [4.78, 5) is 23.5. The van der Waals surface area contributed by atoms with Crippen molar-refractivity contribution < 1.29 is 19.4 Å². The fraction of sp³-hybridized carbons (Fsp3) is 0.615. The van der Waals surface area contributed by atoms with Crippen LogP contribution in [0.3, 0.4) is 0 Å². The van der Waals surface area contributed by atoms with Gasteiger partial charge in [0.25, 0.3) is 0 Å². The Morgan fingerprint density at radius 2 is 2.20 bits per heavy atom. The first-order valence-corrected chi connectivity index (χ1v) is 6.65. The number of aliphatic carboxylic acids is 1. The lowest BCUT2D eigenvalue weighted by atomic mass is 9.90. The molecular weight excluding hydrogens is 262 g/mol. The topological polar surface area (TPSA) is 93.5 Å². The average molecular weight is 281 g/mol. The molecule has 1 saturated heterocycles. The van der Waals surface area contributed by atoms with Gasteiger partial charge in [-0.3, -0.25) is 9.48 Å². The second-order valence-electron chi connectivity index (χ2n) is 5.09. The summed E-state index contributed by atoms with van der Waals surface area (Å²) in [5, 5.41) is 16.1. The summed E-state index contributed by atoms with van der Waals surface area (Å²) in [5.41, 5.74) is -1.20. The monoisotopic (exact) mass is 281 g/mol. The van der Waals surface area contributed by atoms with Crippen LogP contribution in [0.1, 0.15) is 32.2 Å². The fourth-order valence-corrected chi connectivity index (χ4v) is 2.33. The largest absolute Gasteiger partial charge is 0.480 e. The van der Waals surface area contributed by atoms with Crippen LogP contribution in [-0.2, 0) is 14.3 Å². The maximum absolute atomic E-state index is 12.1. The number of hydrogen-bond donors (Lipinski definition) is 2. The van der Waals surface area contributed by atoms with Crippen molar-refractivity contribution in [2.24, 2.45) is 0 Å². The summed E-state index contributed by atoms with van der Waals surface area (Å²) in [6.45, 7) is 2.56. The lowest BCUT2D eigenvalue weighted by molar-refractivity contribution is -0.152. The first-order chi connectivity index (χ1) is 9.53. The molecule has 1 aliphatic heterocycles. The summed E-state index contributed by atoms with van der Waals surface area (Å²) < 4.78 is 6.85. The van der Waals surface area contributed by atoms with Crippen molar-refractivity contribution in [2.45, 2.75) is 37.8 Å². The molecule has 0 aromatic carbocycles. The van der Waals surface area contributed by atoms with Crippen molar-refractivity contribution in [3.05, 3.63) is 18.5 Å². The molecule has 7 heteroatoms. The van der Waals surface area contributed by atoms with Gasteiger partial charge in [-0.25, -0.2) is 4.79 Å². The van der Waals surface area contributed by atoms with E-state index in [0.29, 0.717) is 26.1 Å². The molecule has 2 N–H and O–H groups in total. The van der Waals surface area contributed by atoms with Crippen LogP contribution in [0.2, 0.25) is 0 Å². The van der Waals surface area contributed by atoms with E-state index in [0.717, 1.165) is 0 Å². The molecule has 1 aliphatic rings. The predicted octanol–water partition coefficient (Wildman–Crippen LogP) is 0.584. The zero-order valence-electron chi connectivity index (χ0n) is 11.4. The summed E-state index contributed by atoms with van der Waals surface area (Å²) in [5.74, 6) is -1.28. The Morgan fingerprint density at radius 3 is 2.75 bits per heavy atom. The third kappa shape index (κ3) is 3.16. The quantitative estimate of drug-likeness (QED) is 0.823. The van der Waals surface area contributed by atoms with Crippen molar-refractivity contribution >= 4 is 11.9 Å². The van der Waals surface area contributed by atoms with Gasteiger partial charge in [0, 0.05) is 44.9 Å². The zero-order valence-corrected chi connectivity index (χ0v) is 11.4. The van der Waals surface area contributed by atoms with Crippen LogP contribution in [-0.4, -0.2) is 45.5 Å². The molecule has 20 heavy (non-hydrogen) atoms. The zero-order chi connectivity index (χ0) is 14.6. The lowest BCUT2D eigenvalue weighted by Gasteiger charge is -2.34. The van der Waals surface area contributed by atoms with Crippen LogP contribution in [0, 0.1) is 0 Å². The van der Waals surface area contributed by atoms with Crippen molar-refractivity contribution in [1.82, 2.24) is 15.1 Å². The first kappa shape index (κ1) is 14.5. The minimum Gasteiger partial charge on any atom is -0.480 e. The van der Waals surface area contributed by atoms with E-state index in [-0.39, 0.29) is 18.4 Å². The van der Waals surface area contributed by atoms with Crippen LogP contribution in [0.5, 0.6) is 0 Å². The predicted molar refractivity (Wildman–Crippen MR) is 70.1 cm³/mol. The average Bonchev–Trinajstić information content (AvgIpc) is 2.93. The highest BCUT2D eigenvalue weighted by molar-refractivity contribution is 5.87. The number of amides is 1. The van der Waals surface area contributed by atoms with Crippen LogP contribution in [0.4, 0.5) is 0 Å². The van der Waals surface area contributed by atoms with Gasteiger partial charge in [0.15, 0.2) is 0 Å². The number of carboxylic acids is 1. The Morgan fingerprint density at radius 1 is 1.50 bits per heavy atom. The minimum absolute atomic E-state index is 0.115. The Kier molecular flexibility index (Phi) is 4.39. The van der Waals surface area contributed by atoms with E-state index in [4.69, 9.17) is 4.74 Å². The third-order valence-electron chi connectivity index (χ3n) is 3.59. The van der Waals surface area contributed by atoms with Gasteiger partial charge in [0.2, 0.25) is 5.91 Å². The smallest absolute Gasteiger partial charge is 0.329 e. The normalized spacial score (nSPS) is 19.2. The van der Waals surface area contributed by atoms with Gasteiger partial charge in [-0.2, -0.15) is 5.10 Å². The van der Waals surface area contributed by atoms with Gasteiger partial charge < -0.3 is 15.2 Å². The Balaban J connectivity index is 1.97. The maximum Gasteiger partial charge on any atom is 0.329 e. The SMILES string of the molecule is C[C@@H](CC(=O)NC1(C(=O)O)CCOCC1)n1cccn1. The second-order valence-corrected chi connectivity index (χ2v) is 5.09. The number of aromatic nitrogens is 2. The molecule has 1 atom stereocenters. The van der Waals surface area contributed by atoms with Crippen molar-refractivity contribution in [2.75, 3.05) is 13.2 Å². The van der Waals surface area contributed by atoms with Gasteiger partial charge in [-0.1, -0.05) is 0 Å². The van der Waals surface area contributed by atoms with Crippen LogP contribution >= 0.6 is 0 Å². The molecule has 0 bridgehead atoms. The van der Waals surface area contributed by atoms with E-state index < -0.39 is 11.5 Å². The summed E-state index contributed by atoms with van der Waals surface area (Å²) in [6.07, 6.45) is 4.21. The Hall–Kier alpha value is -1.89. The van der Waals surface area contributed by atoms with Gasteiger partial charge in [-0.15, -0.1) is 0 Å². The van der Waals surface area contributed by atoms with Gasteiger partial charge in [0.05, 0.1) is 6.04 Å². The number of hydrogen-bond acceptors (Lipinski definition) is 4. The summed E-state index contributed by atoms with van der Waals surface area (Å²) in [6, 6.07) is 1.67. The number of nitrogens with one attached hydrogen (secondary N) is 1. The molecule has 2 heterocycles. The van der Waals surface area contributed by atoms with Crippen molar-refractivity contribution in [3.63, 3.8) is 0 Å². The van der Waals surface area contributed by atoms with Gasteiger partial charge in [0.1, 0.15) is 5.54 Å². The van der Waals surface area contributed by atoms with E-state index in [1.807, 2.05) is 6.92 Å². The molecule has 0 spiro atoms. The number of carbonyl (C=O) groups excluding carboxylic acids is 1. The van der Waals surface area contributed by atoms with Gasteiger partial charge >= 0.3 is 5.97 Å². The van der Waals surface area contributed by atoms with E-state index in [9.17, 15) is 14.7 Å². The molecule has 1 aromatic heterocycles. The van der Waals surface area contributed by atoms with E-state index in [1.165, 1.54) is 0 Å². The highest BCUT2D eigenvalue weighted by Crippen LogP contribution is 2.22. The molecular formula is C13H19N3O4. The van der Waals surface area contributed by atoms with Gasteiger partial charge in [-0.05, 0) is 13.0 Å². The maximum atomic E-state index is 12.1. The highest BCUT2D eigenvalue weighted by Gasteiger charge is 2.41. The van der Waals surface area contributed by atoms with Crippen LogP contribution in [0.25, 0.3) is 0 Å². The second kappa shape index (κ2) is 6.04. The fourth-order valence-electron chi connectivity index (χ4n) is 2.33. The van der Waals surface area contributed by atoms with E-state index in [1.54, 1.807) is 23.1 Å². The molecule has 0 radical (unpaired) electrons. The Bertz CT molecular complexity index is 466. The van der Waals surface area contributed by atoms with Crippen LogP contribution < -0.4 is 5.32 Å². The molecule has 0 saturated carbocycles. The highest BCUT2D eigenvalue weighted by atomic mass is 16.5. The third-order valence-corrected chi connectivity index (χ3v) is 3.59. The summed E-state index contributed by atoms with van der Waals surface area (Å²) >= 11 is 0. The molecule has 1 fully saturated rings. The van der Waals surface area contributed by atoms with Crippen molar-refractivity contribution in [1.29, 1.82) is 0 Å². The van der Waals surface area contributed by atoms with Crippen molar-refractivity contribution in [3.8, 4) is 0 Å². The number of carbonyl (C=O) groups is 2. The standard InChI is InChI=1S/C13H19N3O4/c1-10(16-6-2-5-14-16)9-11(17)15-13(12(18)19)3-7-20-8-4-13/h2,5-6,10H,3-4,7-9H2,1H3,(H,15,17)(H,18,19)/t10-/m0/s1. The molecule has 2 rings (SSSR count). The molecule has 7 nitrogen and oxygen atoms in total. The van der Waals surface area contributed by atoms with E-state index in [2.05, 4.69) is 10.4 Å². The number of rotatable bonds is 5. The summed E-state index contributed by atoms with van der Waals surface area (Å²) in [7, 11) is 0. The number of carboxylic acid groups (broad SMARTS) is 1. The Labute approximate surface area is 116 Å². The molecule has 0 aliphatic carbocycles. The lowest BCUT2D eigenvalue weighted by Crippen LogP contribution is -2.57. The molecule has 110 valence electrons. The minimum atomic E-state index is -1.20.